The quantitative estimate of drug-likeness (QED) is 0.478. The van der Waals surface area contributed by atoms with Crippen molar-refractivity contribution in [3.05, 3.63) is 0 Å². The Morgan fingerprint density at radius 2 is 1.67 bits per heavy atom. The molecule has 9 heavy (non-hydrogen) atoms. The molecule has 0 aromatic heterocycles. The van der Waals surface area contributed by atoms with E-state index >= 15 is 0 Å². The summed E-state index contributed by atoms with van der Waals surface area (Å²) in [5, 5.41) is 0. The van der Waals surface area contributed by atoms with Crippen LogP contribution in [0.25, 0.3) is 0 Å². The number of nitrogens with one attached hydrogen (secondary N) is 1. The van der Waals surface area contributed by atoms with Gasteiger partial charge in [0.1, 0.15) is 0 Å². The van der Waals surface area contributed by atoms with Crippen LogP contribution in [0.5, 0.6) is 0 Å². The zero-order valence-electron chi connectivity index (χ0n) is 3.74. The lowest BCUT2D eigenvalue weighted by Gasteiger charge is -2.02. The van der Waals surface area contributed by atoms with Gasteiger partial charge in [-0.05, 0) is 0 Å². The summed E-state index contributed by atoms with van der Waals surface area (Å²) in [6, 6.07) is 0. The summed E-state index contributed by atoms with van der Waals surface area (Å²) in [6.07, 6.45) is -4.99. The maximum atomic E-state index is 11.0. The average Bonchev–Trinajstić information content (AvgIpc) is 1.14. The van der Waals surface area contributed by atoms with E-state index in [1.165, 1.54) is 0 Å². The molecule has 0 amide bonds. The van der Waals surface area contributed by atoms with Gasteiger partial charge in [0.2, 0.25) is 0 Å². The maximum Gasteiger partial charge on any atom is 0.471 e. The molecular formula is CHClF3NO2S. The van der Waals surface area contributed by atoms with Crippen LogP contribution in [-0.4, -0.2) is 14.7 Å². The molecule has 0 saturated carbocycles. The van der Waals surface area contributed by atoms with Gasteiger partial charge < -0.3 is 0 Å². The summed E-state index contributed by atoms with van der Waals surface area (Å²) in [6.45, 7) is 0. The first kappa shape index (κ1) is 8.99. The number of hydrogen-bond donors (Lipinski definition) is 1. The van der Waals surface area contributed by atoms with Gasteiger partial charge in [-0.3, -0.25) is 0 Å². The van der Waals surface area contributed by atoms with Crippen molar-refractivity contribution in [1.82, 2.24) is 4.72 Å². The monoisotopic (exact) mass is 183 g/mol. The Labute approximate surface area is 53.4 Å². The van der Waals surface area contributed by atoms with Gasteiger partial charge in [0.05, 0.1) is 0 Å². The molecule has 0 unspecified atom stereocenters. The van der Waals surface area contributed by atoms with Crippen molar-refractivity contribution >= 4 is 19.9 Å². The molecule has 0 aliphatic heterocycles. The van der Waals surface area contributed by atoms with Crippen molar-refractivity contribution in [1.29, 1.82) is 0 Å². The van der Waals surface area contributed by atoms with Gasteiger partial charge in [-0.2, -0.15) is 21.6 Å². The first-order valence-electron chi connectivity index (χ1n) is 1.51. The van der Waals surface area contributed by atoms with Crippen molar-refractivity contribution < 1.29 is 21.6 Å². The zero-order chi connectivity index (χ0) is 7.71. The predicted molar refractivity (Wildman–Crippen MR) is 24.0 cm³/mol. The van der Waals surface area contributed by atoms with Crippen molar-refractivity contribution in [2.24, 2.45) is 0 Å². The summed E-state index contributed by atoms with van der Waals surface area (Å²) in [7, 11) is -0.526. The fourth-order valence-electron chi connectivity index (χ4n) is 0.138. The molecule has 0 bridgehead atoms. The highest BCUT2D eigenvalue weighted by Crippen LogP contribution is 2.12. The Morgan fingerprint density at radius 3 is 1.67 bits per heavy atom. The van der Waals surface area contributed by atoms with Crippen LogP contribution in [0.3, 0.4) is 0 Å². The predicted octanol–water partition coefficient (Wildman–Crippen LogP) is 0.579. The Balaban J connectivity index is 4.07. The average molecular weight is 184 g/mol. The number of rotatable bonds is 1. The Bertz CT molecular complexity index is 182. The third-order valence-corrected chi connectivity index (χ3v) is 0.944. The van der Waals surface area contributed by atoms with Crippen molar-refractivity contribution in [2.45, 2.75) is 6.30 Å². The van der Waals surface area contributed by atoms with Gasteiger partial charge in [-0.25, -0.2) is 0 Å². The van der Waals surface area contributed by atoms with Gasteiger partial charge in [-0.15, -0.1) is 4.72 Å². The highest BCUT2D eigenvalue weighted by molar-refractivity contribution is 8.12. The lowest BCUT2D eigenvalue weighted by Crippen LogP contribution is -2.33. The first-order chi connectivity index (χ1) is 3.71. The van der Waals surface area contributed by atoms with Gasteiger partial charge >= 0.3 is 15.5 Å². The molecule has 0 atom stereocenters. The fraction of sp³-hybridized carbons (Fsp3) is 1.00. The van der Waals surface area contributed by atoms with Crippen LogP contribution in [-0.2, 0) is 9.24 Å². The number of hydrogen-bond acceptors (Lipinski definition) is 2. The van der Waals surface area contributed by atoms with Crippen LogP contribution >= 0.6 is 10.7 Å². The second-order valence-corrected chi connectivity index (χ2v) is 3.34. The van der Waals surface area contributed by atoms with E-state index in [9.17, 15) is 21.6 Å². The van der Waals surface area contributed by atoms with Gasteiger partial charge in [0, 0.05) is 10.7 Å². The number of halogens is 4. The Kier molecular flexibility index (Phi) is 2.31. The Morgan fingerprint density at radius 1 is 1.33 bits per heavy atom. The topological polar surface area (TPSA) is 46.2 Å². The smallest absolute Gasteiger partial charge is 0.195 e. The largest absolute Gasteiger partial charge is 0.471 e. The van der Waals surface area contributed by atoms with E-state index in [2.05, 4.69) is 10.7 Å². The minimum Gasteiger partial charge on any atom is -0.195 e. The molecule has 0 aliphatic rings. The summed E-state index contributed by atoms with van der Waals surface area (Å²) in [4.78, 5) is 0. The summed E-state index contributed by atoms with van der Waals surface area (Å²) in [5.41, 5.74) is 0. The zero-order valence-corrected chi connectivity index (χ0v) is 5.31. The minimum atomic E-state index is -4.99. The molecule has 0 saturated heterocycles. The van der Waals surface area contributed by atoms with E-state index in [-0.39, 0.29) is 4.72 Å². The van der Waals surface area contributed by atoms with Gasteiger partial charge in [0.15, 0.2) is 0 Å². The molecule has 0 spiro atoms. The van der Waals surface area contributed by atoms with Crippen LogP contribution < -0.4 is 4.72 Å². The second-order valence-electron chi connectivity index (χ2n) is 1.04. The van der Waals surface area contributed by atoms with Crippen molar-refractivity contribution in [3.63, 3.8) is 0 Å². The molecule has 0 aromatic rings. The maximum absolute atomic E-state index is 11.0. The van der Waals surface area contributed by atoms with Gasteiger partial charge in [0.25, 0.3) is 0 Å². The lowest BCUT2D eigenvalue weighted by atomic mass is 11.3. The fourth-order valence-corrected chi connectivity index (χ4v) is 0.677. The molecule has 0 radical (unpaired) electrons. The molecule has 0 aromatic carbocycles. The molecule has 56 valence electrons. The summed E-state index contributed by atoms with van der Waals surface area (Å²) >= 11 is 0. The molecule has 0 rings (SSSR count). The third-order valence-electron chi connectivity index (χ3n) is 0.238. The van der Waals surface area contributed by atoms with Crippen molar-refractivity contribution in [2.75, 3.05) is 0 Å². The van der Waals surface area contributed by atoms with E-state index in [4.69, 9.17) is 0 Å². The molecule has 3 nitrogen and oxygen atoms in total. The van der Waals surface area contributed by atoms with Crippen LogP contribution in [0.4, 0.5) is 13.2 Å². The van der Waals surface area contributed by atoms with Gasteiger partial charge in [-0.1, -0.05) is 0 Å². The molecule has 0 aliphatic carbocycles. The highest BCUT2D eigenvalue weighted by Gasteiger charge is 2.32. The Hall–Kier alpha value is -0.0100. The summed E-state index contributed by atoms with van der Waals surface area (Å²) in [5.74, 6) is 0. The SMILES string of the molecule is O=S(=O)(Cl)NC(F)(F)F. The number of alkyl halides is 3. The molecular weight excluding hydrogens is 183 g/mol. The summed E-state index contributed by atoms with van der Waals surface area (Å²) < 4.78 is 52.3. The van der Waals surface area contributed by atoms with Crippen LogP contribution in [0.1, 0.15) is 0 Å². The van der Waals surface area contributed by atoms with E-state index in [1.807, 2.05) is 0 Å². The van der Waals surface area contributed by atoms with E-state index in [0.29, 0.717) is 0 Å². The van der Waals surface area contributed by atoms with Crippen LogP contribution in [0.15, 0.2) is 0 Å². The highest BCUT2D eigenvalue weighted by atomic mass is 35.7. The molecule has 8 heteroatoms. The first-order valence-corrected chi connectivity index (χ1v) is 3.82. The molecule has 0 heterocycles. The van der Waals surface area contributed by atoms with E-state index < -0.39 is 15.5 Å². The third kappa shape index (κ3) is 7.99. The minimum absolute atomic E-state index is 0.196. The standard InChI is InChI=1S/CHClF3NO2S/c2-9(7,8)6-1(3,4)5/h6H. The van der Waals surface area contributed by atoms with E-state index in [1.54, 1.807) is 0 Å². The van der Waals surface area contributed by atoms with Crippen LogP contribution in [0.2, 0.25) is 0 Å². The molecule has 0 fully saturated rings. The normalized spacial score (nSPS) is 13.8. The van der Waals surface area contributed by atoms with E-state index in [0.717, 1.165) is 0 Å². The molecule has 1 N–H and O–H groups in total. The van der Waals surface area contributed by atoms with Crippen LogP contribution in [0, 0.1) is 0 Å². The van der Waals surface area contributed by atoms with Crippen molar-refractivity contribution in [3.8, 4) is 0 Å². The second kappa shape index (κ2) is 2.31. The lowest BCUT2D eigenvalue weighted by molar-refractivity contribution is -0.137.